The molecule has 1 aliphatic rings. The monoisotopic (exact) mass is 263 g/mol. The van der Waals surface area contributed by atoms with Gasteiger partial charge in [0.25, 0.3) is 0 Å². The zero-order chi connectivity index (χ0) is 14.0. The number of nitrogen functional groups attached to an aromatic ring is 1. The Morgan fingerprint density at radius 2 is 2.21 bits per heavy atom. The fourth-order valence-corrected chi connectivity index (χ4v) is 2.10. The van der Waals surface area contributed by atoms with Crippen molar-refractivity contribution < 1.29 is 9.53 Å². The first-order valence-corrected chi connectivity index (χ1v) is 6.45. The number of nitrogens with one attached hydrogen (secondary N) is 2. The van der Waals surface area contributed by atoms with Crippen molar-refractivity contribution in [1.82, 2.24) is 5.32 Å². The number of fused-ring (bicyclic) bond motifs is 1. The van der Waals surface area contributed by atoms with Crippen LogP contribution in [0.5, 0.6) is 0 Å². The van der Waals surface area contributed by atoms with E-state index >= 15 is 0 Å². The van der Waals surface area contributed by atoms with E-state index in [9.17, 15) is 4.79 Å². The second-order valence-electron chi connectivity index (χ2n) is 5.84. The lowest BCUT2D eigenvalue weighted by Crippen LogP contribution is -2.45. The SMILES string of the molecule is CC(C)(C)OC(=O)NC1CNc2ccc(N)cc2C1. The van der Waals surface area contributed by atoms with E-state index in [0.717, 1.165) is 23.4 Å². The fraction of sp³-hybridized carbons (Fsp3) is 0.500. The van der Waals surface area contributed by atoms with E-state index in [2.05, 4.69) is 10.6 Å². The molecular formula is C14H21N3O2. The summed E-state index contributed by atoms with van der Waals surface area (Å²) in [5.74, 6) is 0. The summed E-state index contributed by atoms with van der Waals surface area (Å²) >= 11 is 0. The van der Waals surface area contributed by atoms with Gasteiger partial charge in [0.05, 0.1) is 6.04 Å². The number of anilines is 2. The molecular weight excluding hydrogens is 242 g/mol. The molecule has 2 rings (SSSR count). The van der Waals surface area contributed by atoms with Crippen LogP contribution >= 0.6 is 0 Å². The fourth-order valence-electron chi connectivity index (χ4n) is 2.10. The molecule has 1 heterocycles. The molecule has 104 valence electrons. The normalized spacial score (nSPS) is 18.2. The quantitative estimate of drug-likeness (QED) is 0.678. The van der Waals surface area contributed by atoms with E-state index in [4.69, 9.17) is 10.5 Å². The number of benzene rings is 1. The Labute approximate surface area is 113 Å². The summed E-state index contributed by atoms with van der Waals surface area (Å²) in [4.78, 5) is 11.7. The number of nitrogens with two attached hydrogens (primary N) is 1. The molecule has 0 bridgehead atoms. The topological polar surface area (TPSA) is 76.4 Å². The van der Waals surface area contributed by atoms with Gasteiger partial charge in [-0.2, -0.15) is 0 Å². The molecule has 0 radical (unpaired) electrons. The van der Waals surface area contributed by atoms with Crippen LogP contribution in [0.3, 0.4) is 0 Å². The lowest BCUT2D eigenvalue weighted by Gasteiger charge is -2.28. The van der Waals surface area contributed by atoms with Gasteiger partial charge in [-0.05, 0) is 51.0 Å². The molecule has 1 unspecified atom stereocenters. The Hall–Kier alpha value is -1.91. The summed E-state index contributed by atoms with van der Waals surface area (Å²) in [6, 6.07) is 5.79. The van der Waals surface area contributed by atoms with Gasteiger partial charge in [-0.25, -0.2) is 4.79 Å². The Kier molecular flexibility index (Phi) is 3.55. The number of hydrogen-bond donors (Lipinski definition) is 3. The van der Waals surface area contributed by atoms with E-state index in [-0.39, 0.29) is 12.1 Å². The smallest absolute Gasteiger partial charge is 0.407 e. The van der Waals surface area contributed by atoms with E-state index in [0.29, 0.717) is 6.54 Å². The van der Waals surface area contributed by atoms with Gasteiger partial charge in [-0.1, -0.05) is 0 Å². The van der Waals surface area contributed by atoms with Crippen molar-refractivity contribution in [2.24, 2.45) is 0 Å². The van der Waals surface area contributed by atoms with Gasteiger partial charge in [0, 0.05) is 17.9 Å². The van der Waals surface area contributed by atoms with Gasteiger partial charge < -0.3 is 21.1 Å². The molecule has 0 aliphatic carbocycles. The summed E-state index contributed by atoms with van der Waals surface area (Å²) in [7, 11) is 0. The number of carbonyl (C=O) groups excluding carboxylic acids is 1. The second-order valence-corrected chi connectivity index (χ2v) is 5.84. The average Bonchev–Trinajstić information content (AvgIpc) is 2.25. The third kappa shape index (κ3) is 3.77. The molecule has 1 amide bonds. The number of carbonyl (C=O) groups is 1. The predicted octanol–water partition coefficient (Wildman–Crippen LogP) is 2.13. The van der Waals surface area contributed by atoms with Crippen molar-refractivity contribution in [3.05, 3.63) is 23.8 Å². The largest absolute Gasteiger partial charge is 0.444 e. The molecule has 0 saturated carbocycles. The molecule has 1 aromatic rings. The third-order valence-electron chi connectivity index (χ3n) is 2.86. The molecule has 0 aromatic heterocycles. The van der Waals surface area contributed by atoms with Crippen LogP contribution in [0.1, 0.15) is 26.3 Å². The maximum atomic E-state index is 11.7. The third-order valence-corrected chi connectivity index (χ3v) is 2.86. The highest BCUT2D eigenvalue weighted by atomic mass is 16.6. The number of alkyl carbamates (subject to hydrolysis) is 1. The second kappa shape index (κ2) is 4.99. The van der Waals surface area contributed by atoms with Gasteiger partial charge in [-0.15, -0.1) is 0 Å². The van der Waals surface area contributed by atoms with E-state index in [1.807, 2.05) is 39.0 Å². The van der Waals surface area contributed by atoms with Crippen LogP contribution in [0.4, 0.5) is 16.2 Å². The summed E-state index contributed by atoms with van der Waals surface area (Å²) in [5.41, 5.74) is 8.23. The van der Waals surface area contributed by atoms with Crippen LogP contribution in [0.15, 0.2) is 18.2 Å². The Bertz CT molecular complexity index is 480. The average molecular weight is 263 g/mol. The minimum Gasteiger partial charge on any atom is -0.444 e. The van der Waals surface area contributed by atoms with Crippen LogP contribution < -0.4 is 16.4 Å². The van der Waals surface area contributed by atoms with Crippen molar-refractivity contribution in [3.63, 3.8) is 0 Å². The van der Waals surface area contributed by atoms with E-state index in [1.54, 1.807) is 0 Å². The predicted molar refractivity (Wildman–Crippen MR) is 76.2 cm³/mol. The summed E-state index contributed by atoms with van der Waals surface area (Å²) < 4.78 is 5.25. The number of hydrogen-bond acceptors (Lipinski definition) is 4. The standard InChI is InChI=1S/C14H21N3O2/c1-14(2,3)19-13(18)17-11-7-9-6-10(15)4-5-12(9)16-8-11/h4-6,11,16H,7-8,15H2,1-3H3,(H,17,18). The minimum absolute atomic E-state index is 0.0177. The summed E-state index contributed by atoms with van der Waals surface area (Å²) in [5, 5.41) is 6.15. The molecule has 5 nitrogen and oxygen atoms in total. The zero-order valence-electron chi connectivity index (χ0n) is 11.6. The zero-order valence-corrected chi connectivity index (χ0v) is 11.6. The first-order valence-electron chi connectivity index (χ1n) is 6.45. The first kappa shape index (κ1) is 13.5. The van der Waals surface area contributed by atoms with Crippen molar-refractivity contribution in [1.29, 1.82) is 0 Å². The molecule has 5 heteroatoms. The van der Waals surface area contributed by atoms with Gasteiger partial charge >= 0.3 is 6.09 Å². The maximum absolute atomic E-state index is 11.7. The van der Waals surface area contributed by atoms with Crippen LogP contribution in [0.2, 0.25) is 0 Å². The molecule has 1 aromatic carbocycles. The Morgan fingerprint density at radius 3 is 2.89 bits per heavy atom. The van der Waals surface area contributed by atoms with Crippen LogP contribution in [0, 0.1) is 0 Å². The number of rotatable bonds is 1. The highest BCUT2D eigenvalue weighted by Gasteiger charge is 2.23. The van der Waals surface area contributed by atoms with Crippen LogP contribution in [0.25, 0.3) is 0 Å². The van der Waals surface area contributed by atoms with Gasteiger partial charge in [0.15, 0.2) is 0 Å². The molecule has 0 spiro atoms. The minimum atomic E-state index is -0.478. The number of ether oxygens (including phenoxy) is 1. The van der Waals surface area contributed by atoms with Crippen molar-refractivity contribution in [2.45, 2.75) is 38.8 Å². The van der Waals surface area contributed by atoms with Gasteiger partial charge in [0.1, 0.15) is 5.60 Å². The van der Waals surface area contributed by atoms with Gasteiger partial charge in [-0.3, -0.25) is 0 Å². The lowest BCUT2D eigenvalue weighted by molar-refractivity contribution is 0.0506. The highest BCUT2D eigenvalue weighted by Crippen LogP contribution is 2.24. The summed E-state index contributed by atoms with van der Waals surface area (Å²) in [6.45, 7) is 6.24. The van der Waals surface area contributed by atoms with Crippen LogP contribution in [-0.4, -0.2) is 24.3 Å². The molecule has 1 atom stereocenters. The van der Waals surface area contributed by atoms with Crippen molar-refractivity contribution in [3.8, 4) is 0 Å². The Morgan fingerprint density at radius 1 is 1.47 bits per heavy atom. The summed E-state index contributed by atoms with van der Waals surface area (Å²) in [6.07, 6.45) is 0.374. The maximum Gasteiger partial charge on any atom is 0.407 e. The Balaban J connectivity index is 1.96. The highest BCUT2D eigenvalue weighted by molar-refractivity contribution is 5.69. The van der Waals surface area contributed by atoms with Crippen molar-refractivity contribution >= 4 is 17.5 Å². The molecule has 1 aliphatic heterocycles. The van der Waals surface area contributed by atoms with Crippen LogP contribution in [-0.2, 0) is 11.2 Å². The first-order chi connectivity index (χ1) is 8.83. The number of amides is 1. The molecule has 0 fully saturated rings. The molecule has 4 N–H and O–H groups in total. The van der Waals surface area contributed by atoms with E-state index < -0.39 is 5.60 Å². The molecule has 0 saturated heterocycles. The lowest BCUT2D eigenvalue weighted by atomic mass is 9.99. The molecule has 19 heavy (non-hydrogen) atoms. The van der Waals surface area contributed by atoms with Gasteiger partial charge in [0.2, 0.25) is 0 Å². The van der Waals surface area contributed by atoms with E-state index in [1.165, 1.54) is 0 Å². The van der Waals surface area contributed by atoms with Crippen molar-refractivity contribution in [2.75, 3.05) is 17.6 Å².